The second kappa shape index (κ2) is 3.88. The van der Waals surface area contributed by atoms with E-state index in [1.807, 2.05) is 13.8 Å². The standard InChI is InChI=1S/C6H12BrNO/c1-4-6(2,3)9-8-5-7/h5H,4H2,1-3H3/b8-5+. The van der Waals surface area contributed by atoms with Gasteiger partial charge in [-0.05, 0) is 36.2 Å². The molecule has 0 N–H and O–H groups in total. The van der Waals surface area contributed by atoms with Crippen LogP contribution < -0.4 is 0 Å². The van der Waals surface area contributed by atoms with E-state index in [4.69, 9.17) is 4.84 Å². The number of halogens is 1. The summed E-state index contributed by atoms with van der Waals surface area (Å²) in [5.74, 6) is 0. The van der Waals surface area contributed by atoms with Gasteiger partial charge in [-0.25, -0.2) is 0 Å². The van der Waals surface area contributed by atoms with Crippen molar-refractivity contribution in [3.05, 3.63) is 0 Å². The lowest BCUT2D eigenvalue weighted by molar-refractivity contribution is -0.0154. The van der Waals surface area contributed by atoms with Crippen LogP contribution in [0.4, 0.5) is 0 Å². The fourth-order valence-corrected chi connectivity index (χ4v) is 0.311. The van der Waals surface area contributed by atoms with E-state index in [-0.39, 0.29) is 5.60 Å². The zero-order chi connectivity index (χ0) is 7.33. The van der Waals surface area contributed by atoms with Crippen LogP contribution in [0.5, 0.6) is 0 Å². The molecule has 0 fully saturated rings. The summed E-state index contributed by atoms with van der Waals surface area (Å²) in [6, 6.07) is 0. The normalized spacial score (nSPS) is 12.4. The van der Waals surface area contributed by atoms with Gasteiger partial charge in [0.1, 0.15) is 10.7 Å². The summed E-state index contributed by atoms with van der Waals surface area (Å²) < 4.78 is 0. The highest BCUT2D eigenvalue weighted by molar-refractivity contribution is 9.17. The molecule has 2 nitrogen and oxygen atoms in total. The molecule has 0 amide bonds. The summed E-state index contributed by atoms with van der Waals surface area (Å²) >= 11 is 3.01. The maximum absolute atomic E-state index is 5.05. The van der Waals surface area contributed by atoms with E-state index in [1.54, 1.807) is 0 Å². The molecule has 0 saturated heterocycles. The molecule has 0 rings (SSSR count). The van der Waals surface area contributed by atoms with Gasteiger partial charge < -0.3 is 4.84 Å². The lowest BCUT2D eigenvalue weighted by Crippen LogP contribution is -2.19. The van der Waals surface area contributed by atoms with Crippen molar-refractivity contribution in [1.29, 1.82) is 0 Å². The highest BCUT2D eigenvalue weighted by atomic mass is 79.9. The molecule has 0 atom stereocenters. The second-order valence-electron chi connectivity index (χ2n) is 2.41. The predicted octanol–water partition coefficient (Wildman–Crippen LogP) is 2.53. The van der Waals surface area contributed by atoms with Crippen LogP contribution in [0.25, 0.3) is 0 Å². The number of hydrogen-bond acceptors (Lipinski definition) is 2. The first-order valence-corrected chi connectivity index (χ1v) is 3.84. The smallest absolute Gasteiger partial charge is 0.132 e. The van der Waals surface area contributed by atoms with Gasteiger partial charge in [0.05, 0.1) is 0 Å². The van der Waals surface area contributed by atoms with Crippen molar-refractivity contribution < 1.29 is 4.84 Å². The molecule has 0 spiro atoms. The monoisotopic (exact) mass is 193 g/mol. The van der Waals surface area contributed by atoms with E-state index >= 15 is 0 Å². The Kier molecular flexibility index (Phi) is 3.86. The Morgan fingerprint density at radius 1 is 1.67 bits per heavy atom. The molecule has 0 aliphatic rings. The topological polar surface area (TPSA) is 21.6 Å². The Balaban J connectivity index is 3.58. The van der Waals surface area contributed by atoms with Crippen molar-refractivity contribution in [2.24, 2.45) is 5.16 Å². The summed E-state index contributed by atoms with van der Waals surface area (Å²) in [7, 11) is 0. The summed E-state index contributed by atoms with van der Waals surface area (Å²) in [6.45, 7) is 6.05. The van der Waals surface area contributed by atoms with Crippen molar-refractivity contribution in [3.63, 3.8) is 0 Å². The quantitative estimate of drug-likeness (QED) is 0.499. The Bertz CT molecular complexity index is 101. The molecule has 0 radical (unpaired) electrons. The van der Waals surface area contributed by atoms with Gasteiger partial charge in [-0.3, -0.25) is 0 Å². The van der Waals surface area contributed by atoms with Crippen LogP contribution in [0.1, 0.15) is 27.2 Å². The van der Waals surface area contributed by atoms with Crippen LogP contribution in [0.2, 0.25) is 0 Å². The Labute approximate surface area is 64.4 Å². The second-order valence-corrected chi connectivity index (χ2v) is 2.82. The molecular formula is C6H12BrNO. The van der Waals surface area contributed by atoms with E-state index in [0.717, 1.165) is 6.42 Å². The summed E-state index contributed by atoms with van der Waals surface area (Å²) in [6.07, 6.45) is 0.956. The number of hydrogen-bond donors (Lipinski definition) is 0. The average Bonchev–Trinajstić information content (AvgIpc) is 1.84. The van der Waals surface area contributed by atoms with E-state index in [9.17, 15) is 0 Å². The molecule has 54 valence electrons. The molecule has 0 bridgehead atoms. The summed E-state index contributed by atoms with van der Waals surface area (Å²) in [5.41, 5.74) is -0.135. The molecule has 0 aromatic carbocycles. The lowest BCUT2D eigenvalue weighted by atomic mass is 10.1. The summed E-state index contributed by atoms with van der Waals surface area (Å²) in [5, 5.41) is 5.07. The molecule has 0 aliphatic heterocycles. The van der Waals surface area contributed by atoms with Crippen LogP contribution in [-0.2, 0) is 4.84 Å². The highest BCUT2D eigenvalue weighted by Gasteiger charge is 2.14. The first kappa shape index (κ1) is 8.95. The molecular weight excluding hydrogens is 182 g/mol. The average molecular weight is 194 g/mol. The van der Waals surface area contributed by atoms with E-state index in [2.05, 4.69) is 28.0 Å². The predicted molar refractivity (Wildman–Crippen MR) is 42.9 cm³/mol. The third kappa shape index (κ3) is 4.45. The van der Waals surface area contributed by atoms with E-state index in [0.29, 0.717) is 0 Å². The minimum absolute atomic E-state index is 0.135. The van der Waals surface area contributed by atoms with Crippen molar-refractivity contribution in [2.75, 3.05) is 0 Å². The van der Waals surface area contributed by atoms with Gasteiger partial charge in [0.15, 0.2) is 0 Å². The maximum atomic E-state index is 5.05. The number of nitrogens with zero attached hydrogens (tertiary/aromatic N) is 1. The van der Waals surface area contributed by atoms with Gasteiger partial charge in [0.25, 0.3) is 0 Å². The zero-order valence-corrected chi connectivity index (χ0v) is 7.60. The molecule has 3 heteroatoms. The third-order valence-corrected chi connectivity index (χ3v) is 1.36. The van der Waals surface area contributed by atoms with Crippen molar-refractivity contribution in [2.45, 2.75) is 32.8 Å². The van der Waals surface area contributed by atoms with Crippen LogP contribution in [0, 0.1) is 0 Å². The molecule has 0 unspecified atom stereocenters. The van der Waals surface area contributed by atoms with E-state index < -0.39 is 0 Å². The molecule has 9 heavy (non-hydrogen) atoms. The molecule has 0 aromatic heterocycles. The van der Waals surface area contributed by atoms with Crippen LogP contribution >= 0.6 is 15.9 Å². The molecule has 0 aliphatic carbocycles. The maximum Gasteiger partial charge on any atom is 0.132 e. The Hall–Kier alpha value is -0.0500. The fourth-order valence-electron chi connectivity index (χ4n) is 0.227. The molecule has 0 saturated carbocycles. The minimum Gasteiger partial charge on any atom is -0.389 e. The van der Waals surface area contributed by atoms with Crippen molar-refractivity contribution >= 4 is 21.1 Å². The zero-order valence-electron chi connectivity index (χ0n) is 6.02. The first-order valence-electron chi connectivity index (χ1n) is 2.92. The molecule has 0 heterocycles. The van der Waals surface area contributed by atoms with Crippen LogP contribution in [0.3, 0.4) is 0 Å². The summed E-state index contributed by atoms with van der Waals surface area (Å²) in [4.78, 5) is 5.05. The largest absolute Gasteiger partial charge is 0.389 e. The Morgan fingerprint density at radius 3 is 2.56 bits per heavy atom. The van der Waals surface area contributed by atoms with Crippen LogP contribution in [-0.4, -0.2) is 10.7 Å². The number of rotatable bonds is 3. The SMILES string of the molecule is CCC(C)(C)O/N=C/Br. The fraction of sp³-hybridized carbons (Fsp3) is 0.833. The number of oxime groups is 1. The molecule has 0 aromatic rings. The van der Waals surface area contributed by atoms with Gasteiger partial charge in [-0.1, -0.05) is 12.1 Å². The van der Waals surface area contributed by atoms with Gasteiger partial charge >= 0.3 is 0 Å². The van der Waals surface area contributed by atoms with Crippen molar-refractivity contribution in [1.82, 2.24) is 0 Å². The lowest BCUT2D eigenvalue weighted by Gasteiger charge is -2.18. The van der Waals surface area contributed by atoms with Gasteiger partial charge in [-0.2, -0.15) is 0 Å². The van der Waals surface area contributed by atoms with Crippen LogP contribution in [0.15, 0.2) is 5.16 Å². The highest BCUT2D eigenvalue weighted by Crippen LogP contribution is 2.13. The Morgan fingerprint density at radius 2 is 2.22 bits per heavy atom. The van der Waals surface area contributed by atoms with Gasteiger partial charge in [-0.15, -0.1) is 0 Å². The third-order valence-electron chi connectivity index (χ3n) is 1.19. The first-order chi connectivity index (χ1) is 4.12. The van der Waals surface area contributed by atoms with E-state index in [1.165, 1.54) is 5.12 Å². The van der Waals surface area contributed by atoms with Gasteiger partial charge in [0.2, 0.25) is 0 Å². The van der Waals surface area contributed by atoms with Gasteiger partial charge in [0, 0.05) is 0 Å². The van der Waals surface area contributed by atoms with Crippen molar-refractivity contribution in [3.8, 4) is 0 Å². The minimum atomic E-state index is -0.135.